The van der Waals surface area contributed by atoms with E-state index >= 15 is 0 Å². The van der Waals surface area contributed by atoms with Crippen LogP contribution in [-0.2, 0) is 19.2 Å². The van der Waals surface area contributed by atoms with Gasteiger partial charge in [0.05, 0.1) is 9.81 Å². The highest BCUT2D eigenvalue weighted by atomic mass is 32.2. The van der Waals surface area contributed by atoms with E-state index in [2.05, 4.69) is 21.7 Å². The summed E-state index contributed by atoms with van der Waals surface area (Å²) in [6, 6.07) is 14.0. The van der Waals surface area contributed by atoms with Gasteiger partial charge in [-0.3, -0.25) is 60.3 Å². The van der Waals surface area contributed by atoms with Gasteiger partial charge in [0.2, 0.25) is 11.8 Å². The first-order chi connectivity index (χ1) is 23.9. The second-order valence-corrected chi connectivity index (χ2v) is 15.0. The summed E-state index contributed by atoms with van der Waals surface area (Å²) < 4.78 is 0.723. The molecule has 0 spiro atoms. The van der Waals surface area contributed by atoms with Gasteiger partial charge in [-0.15, -0.1) is 0 Å². The molecule has 50 heavy (non-hydrogen) atoms. The largest absolute Gasteiger partial charge is 0.293 e. The van der Waals surface area contributed by atoms with Gasteiger partial charge in [-0.2, -0.15) is 0 Å². The van der Waals surface area contributed by atoms with E-state index < -0.39 is 11.8 Å². The Hall–Kier alpha value is -4.12. The van der Waals surface area contributed by atoms with Crippen LogP contribution in [0.4, 0.5) is 0 Å². The van der Waals surface area contributed by atoms with Gasteiger partial charge in [0.1, 0.15) is 8.64 Å². The lowest BCUT2D eigenvalue weighted by atomic mass is 10.1. The fourth-order valence-corrected chi connectivity index (χ4v) is 7.62. The van der Waals surface area contributed by atoms with Crippen molar-refractivity contribution in [1.82, 2.24) is 31.5 Å². The molecule has 0 aliphatic carbocycles. The van der Waals surface area contributed by atoms with Crippen LogP contribution in [0.2, 0.25) is 0 Å². The molecule has 2 fully saturated rings. The summed E-state index contributed by atoms with van der Waals surface area (Å²) in [7, 11) is 0. The molecule has 0 atom stereocenters. The van der Waals surface area contributed by atoms with Gasteiger partial charge in [-0.25, -0.2) is 0 Å². The average molecular weight is 755 g/mol. The van der Waals surface area contributed by atoms with Crippen LogP contribution >= 0.6 is 48.0 Å². The lowest BCUT2D eigenvalue weighted by Gasteiger charge is -2.14. The van der Waals surface area contributed by atoms with Crippen LogP contribution in [0.3, 0.4) is 0 Å². The molecule has 0 radical (unpaired) electrons. The third kappa shape index (κ3) is 10.9. The maximum Gasteiger partial charge on any atom is 0.269 e. The minimum Gasteiger partial charge on any atom is -0.293 e. The number of nitrogens with zero attached hydrogens (tertiary/aromatic N) is 2. The number of carbonyl (C=O) groups excluding carboxylic acids is 6. The highest BCUT2D eigenvalue weighted by Gasteiger charge is 2.41. The minimum atomic E-state index is -0.398. The van der Waals surface area contributed by atoms with E-state index in [9.17, 15) is 28.8 Å². The van der Waals surface area contributed by atoms with Crippen LogP contribution < -0.4 is 21.7 Å². The van der Waals surface area contributed by atoms with Crippen LogP contribution in [0.15, 0.2) is 58.3 Å². The van der Waals surface area contributed by atoms with E-state index in [1.54, 1.807) is 24.3 Å². The molecular formula is C34H38N6O6S4. The molecule has 0 saturated carbocycles. The number of hydrogen-bond acceptors (Lipinski definition) is 10. The highest BCUT2D eigenvalue weighted by molar-refractivity contribution is 8.29. The van der Waals surface area contributed by atoms with E-state index in [1.807, 2.05) is 38.1 Å². The Bertz CT molecular complexity index is 1570. The van der Waals surface area contributed by atoms with E-state index in [0.29, 0.717) is 71.4 Å². The third-order valence-corrected chi connectivity index (χ3v) is 10.8. The zero-order chi connectivity index (χ0) is 36.2. The number of hydrazine groups is 2. The molecule has 2 saturated heterocycles. The van der Waals surface area contributed by atoms with Crippen LogP contribution in [0.5, 0.6) is 0 Å². The minimum absolute atomic E-state index is 0.203. The van der Waals surface area contributed by atoms with E-state index in [0.717, 1.165) is 34.7 Å². The first-order valence-corrected chi connectivity index (χ1v) is 18.5. The molecule has 2 aromatic rings. The number of rotatable bonds is 14. The maximum atomic E-state index is 13.2. The second kappa shape index (κ2) is 18.8. The van der Waals surface area contributed by atoms with Gasteiger partial charge < -0.3 is 0 Å². The third-order valence-electron chi connectivity index (χ3n) is 7.73. The standard InChI is InChI=1S/C34H38N6O6S4/c1-21-11-15-23(16-12-21)29(43)37-35-25(41)9-5-3-7-19-39-31(45)27(49-33(39)47)28-32(46)40(34(48)50-28)20-8-4-6-10-26(42)36-38-30(44)24-17-13-22(2)14-18-24/h11-18H,3-10,19-20H2,1-2H3,(H,35,41)(H,36,42)(H,37,43)(H,38,44). The summed E-state index contributed by atoms with van der Waals surface area (Å²) in [4.78, 5) is 78.5. The Labute approximate surface area is 309 Å². The number of thiocarbonyl (C=S) groups is 2. The summed E-state index contributed by atoms with van der Waals surface area (Å²) in [6.45, 7) is 4.54. The van der Waals surface area contributed by atoms with Gasteiger partial charge in [0.15, 0.2) is 0 Å². The zero-order valence-corrected chi connectivity index (χ0v) is 30.9. The van der Waals surface area contributed by atoms with Crippen molar-refractivity contribution in [2.24, 2.45) is 0 Å². The van der Waals surface area contributed by atoms with Crippen molar-refractivity contribution < 1.29 is 28.8 Å². The first-order valence-electron chi connectivity index (χ1n) is 16.1. The molecule has 6 amide bonds. The predicted molar refractivity (Wildman–Crippen MR) is 201 cm³/mol. The van der Waals surface area contributed by atoms with E-state index in [4.69, 9.17) is 24.4 Å². The number of aryl methyl sites for hydroxylation is 2. The molecule has 264 valence electrons. The Kier molecular flexibility index (Phi) is 14.5. The molecule has 0 unspecified atom stereocenters. The van der Waals surface area contributed by atoms with Crippen LogP contribution in [-0.4, -0.2) is 67.0 Å². The first kappa shape index (κ1) is 38.7. The molecule has 2 aromatic carbocycles. The Morgan fingerprint density at radius 3 is 1.28 bits per heavy atom. The molecule has 2 aliphatic rings. The number of hydrogen-bond donors (Lipinski definition) is 4. The zero-order valence-electron chi connectivity index (χ0n) is 27.7. The van der Waals surface area contributed by atoms with Crippen molar-refractivity contribution in [3.8, 4) is 0 Å². The summed E-state index contributed by atoms with van der Waals surface area (Å²) in [6.07, 6.45) is 4.00. The lowest BCUT2D eigenvalue weighted by molar-refractivity contribution is -0.124. The lowest BCUT2D eigenvalue weighted by Crippen LogP contribution is -2.41. The van der Waals surface area contributed by atoms with Crippen molar-refractivity contribution >= 4 is 92.0 Å². The van der Waals surface area contributed by atoms with Gasteiger partial charge >= 0.3 is 0 Å². The number of amides is 6. The van der Waals surface area contributed by atoms with Gasteiger partial charge in [-0.1, -0.05) is 96.2 Å². The Morgan fingerprint density at radius 1 is 0.560 bits per heavy atom. The van der Waals surface area contributed by atoms with Crippen molar-refractivity contribution in [1.29, 1.82) is 0 Å². The SMILES string of the molecule is Cc1ccc(C(=O)NNC(=O)CCCCCN2C(=O)C(=C3SC(=S)N(CCCCCC(=O)NNC(=O)c4ccc(C)cc4)C3=O)SC2=S)cc1. The predicted octanol–water partition coefficient (Wildman–Crippen LogP) is 4.58. The van der Waals surface area contributed by atoms with Crippen LogP contribution in [0.25, 0.3) is 0 Å². The smallest absolute Gasteiger partial charge is 0.269 e. The topological polar surface area (TPSA) is 157 Å². The Morgan fingerprint density at radius 2 is 0.920 bits per heavy atom. The monoisotopic (exact) mass is 754 g/mol. The van der Waals surface area contributed by atoms with Gasteiger partial charge in [-0.05, 0) is 63.8 Å². The summed E-state index contributed by atoms with van der Waals surface area (Å²) in [5.74, 6) is -2.10. The van der Waals surface area contributed by atoms with Crippen molar-refractivity contribution in [3.05, 3.63) is 80.6 Å². The molecule has 2 aliphatic heterocycles. The molecule has 2 heterocycles. The number of unbranched alkanes of at least 4 members (excludes halogenated alkanes) is 4. The normalized spacial score (nSPS) is 15.8. The highest BCUT2D eigenvalue weighted by Crippen LogP contribution is 2.42. The number of carbonyl (C=O) groups is 6. The molecule has 16 heteroatoms. The van der Waals surface area contributed by atoms with Gasteiger partial charge in [0.25, 0.3) is 23.6 Å². The van der Waals surface area contributed by atoms with E-state index in [1.165, 1.54) is 9.80 Å². The summed E-state index contributed by atoms with van der Waals surface area (Å²) >= 11 is 13.1. The van der Waals surface area contributed by atoms with Crippen molar-refractivity contribution in [3.63, 3.8) is 0 Å². The molecule has 0 bridgehead atoms. The van der Waals surface area contributed by atoms with Crippen LogP contribution in [0, 0.1) is 13.8 Å². The van der Waals surface area contributed by atoms with Crippen molar-refractivity contribution in [2.45, 2.75) is 65.2 Å². The number of benzene rings is 2. The van der Waals surface area contributed by atoms with Crippen LogP contribution in [0.1, 0.15) is 83.2 Å². The molecular weight excluding hydrogens is 717 g/mol. The molecule has 12 nitrogen and oxygen atoms in total. The quantitative estimate of drug-likeness (QED) is 0.0933. The fraction of sp³-hybridized carbons (Fsp3) is 0.353. The second-order valence-electron chi connectivity index (χ2n) is 11.7. The summed E-state index contributed by atoms with van der Waals surface area (Å²) in [5, 5.41) is 0. The Balaban J connectivity index is 1.12. The number of nitrogens with one attached hydrogen (secondary N) is 4. The summed E-state index contributed by atoms with van der Waals surface area (Å²) in [5.41, 5.74) is 12.6. The van der Waals surface area contributed by atoms with E-state index in [-0.39, 0.29) is 46.3 Å². The molecule has 0 aromatic heterocycles. The number of thioether (sulfide) groups is 2. The average Bonchev–Trinajstić information content (AvgIpc) is 3.54. The fourth-order valence-electron chi connectivity index (χ4n) is 4.85. The van der Waals surface area contributed by atoms with Crippen molar-refractivity contribution in [2.75, 3.05) is 13.1 Å². The molecule has 4 N–H and O–H groups in total. The molecule has 4 rings (SSSR count). The van der Waals surface area contributed by atoms with Gasteiger partial charge in [0, 0.05) is 37.1 Å². The maximum absolute atomic E-state index is 13.2.